The van der Waals surface area contributed by atoms with E-state index in [4.69, 9.17) is 26.9 Å². The Kier molecular flexibility index (Phi) is 4.92. The molecule has 0 aromatic heterocycles. The minimum absolute atomic E-state index is 0.489. The van der Waals surface area contributed by atoms with E-state index in [0.717, 1.165) is 12.0 Å². The SMILES string of the molecule is CCCOc1c(Cl)cc(C=NN)cc1OC. The van der Waals surface area contributed by atoms with Crippen molar-refractivity contribution in [2.24, 2.45) is 10.9 Å². The highest BCUT2D eigenvalue weighted by atomic mass is 35.5. The maximum Gasteiger partial charge on any atom is 0.179 e. The minimum atomic E-state index is 0.489. The molecule has 0 saturated carbocycles. The fraction of sp³-hybridized carbons (Fsp3) is 0.364. The summed E-state index contributed by atoms with van der Waals surface area (Å²) in [5, 5.41) is 3.92. The first-order valence-electron chi connectivity index (χ1n) is 4.96. The summed E-state index contributed by atoms with van der Waals surface area (Å²) < 4.78 is 10.7. The van der Waals surface area contributed by atoms with Crippen molar-refractivity contribution in [1.82, 2.24) is 0 Å². The predicted molar refractivity (Wildman–Crippen MR) is 65.6 cm³/mol. The molecule has 0 aliphatic carbocycles. The van der Waals surface area contributed by atoms with Gasteiger partial charge < -0.3 is 15.3 Å². The van der Waals surface area contributed by atoms with E-state index >= 15 is 0 Å². The van der Waals surface area contributed by atoms with Crippen molar-refractivity contribution >= 4 is 17.8 Å². The van der Waals surface area contributed by atoms with Crippen LogP contribution in [0.5, 0.6) is 11.5 Å². The fourth-order valence-corrected chi connectivity index (χ4v) is 1.52. The first kappa shape index (κ1) is 12.6. The summed E-state index contributed by atoms with van der Waals surface area (Å²) >= 11 is 6.08. The van der Waals surface area contributed by atoms with Crippen LogP contribution in [0.15, 0.2) is 17.2 Å². The number of hydrogen-bond acceptors (Lipinski definition) is 4. The molecule has 4 nitrogen and oxygen atoms in total. The zero-order chi connectivity index (χ0) is 12.0. The topological polar surface area (TPSA) is 56.8 Å². The molecule has 0 amide bonds. The molecule has 0 radical (unpaired) electrons. The third kappa shape index (κ3) is 3.03. The van der Waals surface area contributed by atoms with Gasteiger partial charge in [0.25, 0.3) is 0 Å². The number of benzene rings is 1. The fourth-order valence-electron chi connectivity index (χ4n) is 1.24. The summed E-state index contributed by atoms with van der Waals surface area (Å²) in [5.41, 5.74) is 0.771. The molecule has 1 aromatic rings. The Morgan fingerprint density at radius 1 is 1.50 bits per heavy atom. The summed E-state index contributed by atoms with van der Waals surface area (Å²) in [5.74, 6) is 6.21. The first-order chi connectivity index (χ1) is 7.72. The molecule has 0 heterocycles. The molecule has 0 bridgehead atoms. The van der Waals surface area contributed by atoms with Crippen LogP contribution in [0.2, 0.25) is 5.02 Å². The molecule has 1 aromatic carbocycles. The van der Waals surface area contributed by atoms with Crippen molar-refractivity contribution in [3.05, 3.63) is 22.7 Å². The van der Waals surface area contributed by atoms with Crippen molar-refractivity contribution in [2.45, 2.75) is 13.3 Å². The Balaban J connectivity index is 3.07. The third-order valence-electron chi connectivity index (χ3n) is 1.93. The van der Waals surface area contributed by atoms with Gasteiger partial charge in [-0.3, -0.25) is 0 Å². The van der Waals surface area contributed by atoms with Gasteiger partial charge in [-0.25, -0.2) is 0 Å². The molecule has 88 valence electrons. The van der Waals surface area contributed by atoms with Gasteiger partial charge in [0, 0.05) is 0 Å². The normalized spacial score (nSPS) is 10.7. The van der Waals surface area contributed by atoms with Gasteiger partial charge >= 0.3 is 0 Å². The molecule has 5 heteroatoms. The van der Waals surface area contributed by atoms with Gasteiger partial charge in [0.1, 0.15) is 0 Å². The highest BCUT2D eigenvalue weighted by molar-refractivity contribution is 6.32. The standard InChI is InChI=1S/C11H15ClN2O2/c1-3-4-16-11-9(12)5-8(7-14-13)6-10(11)15-2/h5-7H,3-4,13H2,1-2H3. The van der Waals surface area contributed by atoms with Crippen molar-refractivity contribution in [3.8, 4) is 11.5 Å². The number of nitrogens with two attached hydrogens (primary N) is 1. The predicted octanol–water partition coefficient (Wildman–Crippen LogP) is 2.43. The van der Waals surface area contributed by atoms with E-state index < -0.39 is 0 Å². The Bertz CT molecular complexity index is 380. The van der Waals surface area contributed by atoms with Crippen LogP contribution < -0.4 is 15.3 Å². The molecule has 0 unspecified atom stereocenters. The molecule has 0 fully saturated rings. The van der Waals surface area contributed by atoms with Crippen molar-refractivity contribution < 1.29 is 9.47 Å². The molecular formula is C11H15ClN2O2. The van der Waals surface area contributed by atoms with E-state index in [1.165, 1.54) is 6.21 Å². The number of hydrogen-bond donors (Lipinski definition) is 1. The van der Waals surface area contributed by atoms with E-state index in [1.807, 2.05) is 6.92 Å². The van der Waals surface area contributed by atoms with Crippen LogP contribution in [-0.2, 0) is 0 Å². The third-order valence-corrected chi connectivity index (χ3v) is 2.21. The molecule has 2 N–H and O–H groups in total. The number of rotatable bonds is 5. The molecule has 0 atom stereocenters. The van der Waals surface area contributed by atoms with Gasteiger partial charge in [-0.05, 0) is 24.1 Å². The number of ether oxygens (including phenoxy) is 2. The van der Waals surface area contributed by atoms with Crippen LogP contribution in [0.1, 0.15) is 18.9 Å². The average molecular weight is 243 g/mol. The van der Waals surface area contributed by atoms with E-state index in [0.29, 0.717) is 23.1 Å². The molecule has 0 aliphatic heterocycles. The monoisotopic (exact) mass is 242 g/mol. The zero-order valence-electron chi connectivity index (χ0n) is 9.37. The lowest BCUT2D eigenvalue weighted by molar-refractivity contribution is 0.294. The number of halogens is 1. The maximum atomic E-state index is 6.08. The first-order valence-corrected chi connectivity index (χ1v) is 5.34. The Hall–Kier alpha value is -1.42. The Morgan fingerprint density at radius 2 is 2.25 bits per heavy atom. The van der Waals surface area contributed by atoms with Crippen LogP contribution >= 0.6 is 11.6 Å². The highest BCUT2D eigenvalue weighted by Crippen LogP contribution is 2.36. The summed E-state index contributed by atoms with van der Waals surface area (Å²) in [6.07, 6.45) is 2.41. The lowest BCUT2D eigenvalue weighted by atomic mass is 10.2. The van der Waals surface area contributed by atoms with E-state index in [1.54, 1.807) is 19.2 Å². The van der Waals surface area contributed by atoms with Crippen LogP contribution in [0.25, 0.3) is 0 Å². The zero-order valence-corrected chi connectivity index (χ0v) is 10.1. The second-order valence-electron chi connectivity index (χ2n) is 3.16. The number of nitrogens with zero attached hydrogens (tertiary/aromatic N) is 1. The van der Waals surface area contributed by atoms with Crippen LogP contribution in [0.4, 0.5) is 0 Å². The quantitative estimate of drug-likeness (QED) is 0.490. The Labute approximate surface area is 100.0 Å². The van der Waals surface area contributed by atoms with E-state index in [9.17, 15) is 0 Å². The molecule has 0 saturated heterocycles. The number of methoxy groups -OCH3 is 1. The highest BCUT2D eigenvalue weighted by Gasteiger charge is 2.10. The molecule has 0 spiro atoms. The van der Waals surface area contributed by atoms with Crippen LogP contribution in [-0.4, -0.2) is 19.9 Å². The number of hydrazone groups is 1. The molecule has 1 rings (SSSR count). The second kappa shape index (κ2) is 6.23. The molecular weight excluding hydrogens is 228 g/mol. The van der Waals surface area contributed by atoms with Gasteiger partial charge in [0.2, 0.25) is 0 Å². The summed E-state index contributed by atoms with van der Waals surface area (Å²) in [6, 6.07) is 3.50. The van der Waals surface area contributed by atoms with Crippen LogP contribution in [0.3, 0.4) is 0 Å². The lowest BCUT2D eigenvalue weighted by Crippen LogP contribution is -1.99. The summed E-state index contributed by atoms with van der Waals surface area (Å²) in [7, 11) is 1.56. The van der Waals surface area contributed by atoms with Crippen molar-refractivity contribution in [1.29, 1.82) is 0 Å². The second-order valence-corrected chi connectivity index (χ2v) is 3.57. The van der Waals surface area contributed by atoms with Gasteiger partial charge in [-0.2, -0.15) is 5.10 Å². The Morgan fingerprint density at radius 3 is 2.81 bits per heavy atom. The molecule has 16 heavy (non-hydrogen) atoms. The lowest BCUT2D eigenvalue weighted by Gasteiger charge is -2.12. The summed E-state index contributed by atoms with van der Waals surface area (Å²) in [4.78, 5) is 0. The van der Waals surface area contributed by atoms with Crippen molar-refractivity contribution in [3.63, 3.8) is 0 Å². The van der Waals surface area contributed by atoms with E-state index in [2.05, 4.69) is 5.10 Å². The van der Waals surface area contributed by atoms with Gasteiger partial charge in [0.05, 0.1) is 25.0 Å². The van der Waals surface area contributed by atoms with Crippen molar-refractivity contribution in [2.75, 3.05) is 13.7 Å². The van der Waals surface area contributed by atoms with Gasteiger partial charge in [-0.15, -0.1) is 0 Å². The minimum Gasteiger partial charge on any atom is -0.493 e. The summed E-state index contributed by atoms with van der Waals surface area (Å²) in [6.45, 7) is 2.62. The van der Waals surface area contributed by atoms with E-state index in [-0.39, 0.29) is 0 Å². The maximum absolute atomic E-state index is 6.08. The molecule has 0 aliphatic rings. The smallest absolute Gasteiger partial charge is 0.179 e. The van der Waals surface area contributed by atoms with Gasteiger partial charge in [0.15, 0.2) is 11.5 Å². The largest absolute Gasteiger partial charge is 0.493 e. The van der Waals surface area contributed by atoms with Gasteiger partial charge in [-0.1, -0.05) is 18.5 Å². The van der Waals surface area contributed by atoms with Crippen LogP contribution in [0, 0.1) is 0 Å². The average Bonchev–Trinajstić information content (AvgIpc) is 2.27.